The molecule has 3 rings (SSSR count). The van der Waals surface area contributed by atoms with E-state index < -0.39 is 0 Å². The van der Waals surface area contributed by atoms with Crippen LogP contribution in [0.3, 0.4) is 0 Å². The molecule has 5 nitrogen and oxygen atoms in total. The summed E-state index contributed by atoms with van der Waals surface area (Å²) in [6.07, 6.45) is 6.14. The maximum Gasteiger partial charge on any atom is 0.145 e. The average Bonchev–Trinajstić information content (AvgIpc) is 2.68. The van der Waals surface area contributed by atoms with Gasteiger partial charge in [0.2, 0.25) is 0 Å². The third kappa shape index (κ3) is 5.04. The summed E-state index contributed by atoms with van der Waals surface area (Å²) in [4.78, 5) is 8.44. The van der Waals surface area contributed by atoms with Crippen LogP contribution in [0, 0.1) is 6.92 Å². The van der Waals surface area contributed by atoms with Crippen molar-refractivity contribution in [3.05, 3.63) is 77.7 Å². The lowest BCUT2D eigenvalue weighted by Crippen LogP contribution is -2.03. The molecule has 2 heterocycles. The molecule has 0 aliphatic carbocycles. The first kappa shape index (κ1) is 17.9. The van der Waals surface area contributed by atoms with Crippen molar-refractivity contribution in [3.63, 3.8) is 0 Å². The Morgan fingerprint density at radius 1 is 1.04 bits per heavy atom. The van der Waals surface area contributed by atoms with Crippen molar-refractivity contribution in [1.82, 2.24) is 9.97 Å². The summed E-state index contributed by atoms with van der Waals surface area (Å²) in [6.45, 7) is 3.45. The first-order chi connectivity index (χ1) is 12.7. The SMILES string of the molecule is COCCc1ccnc(NCc2ccc(Oc3cccnc3)c(C)c2)c1. The smallest absolute Gasteiger partial charge is 0.145 e. The van der Waals surface area contributed by atoms with Crippen molar-refractivity contribution in [1.29, 1.82) is 0 Å². The van der Waals surface area contributed by atoms with E-state index >= 15 is 0 Å². The van der Waals surface area contributed by atoms with Crippen LogP contribution in [0.2, 0.25) is 0 Å². The molecule has 0 radical (unpaired) electrons. The minimum atomic E-state index is 0.703. The molecule has 0 bridgehead atoms. The molecule has 0 spiro atoms. The number of nitrogens with zero attached hydrogens (tertiary/aromatic N) is 2. The Kier molecular flexibility index (Phi) is 6.17. The Morgan fingerprint density at radius 3 is 2.73 bits per heavy atom. The van der Waals surface area contributed by atoms with Gasteiger partial charge in [-0.15, -0.1) is 0 Å². The highest BCUT2D eigenvalue weighted by Gasteiger charge is 2.04. The van der Waals surface area contributed by atoms with Crippen molar-refractivity contribution in [3.8, 4) is 11.5 Å². The van der Waals surface area contributed by atoms with E-state index in [4.69, 9.17) is 9.47 Å². The molecule has 0 atom stereocenters. The molecule has 0 saturated heterocycles. The monoisotopic (exact) mass is 349 g/mol. The van der Waals surface area contributed by atoms with Gasteiger partial charge in [0.25, 0.3) is 0 Å². The van der Waals surface area contributed by atoms with Gasteiger partial charge >= 0.3 is 0 Å². The molecular weight excluding hydrogens is 326 g/mol. The minimum absolute atomic E-state index is 0.703. The van der Waals surface area contributed by atoms with Gasteiger partial charge in [-0.1, -0.05) is 12.1 Å². The van der Waals surface area contributed by atoms with E-state index in [1.807, 2.05) is 37.4 Å². The highest BCUT2D eigenvalue weighted by Crippen LogP contribution is 2.25. The van der Waals surface area contributed by atoms with E-state index in [9.17, 15) is 0 Å². The predicted molar refractivity (Wildman–Crippen MR) is 103 cm³/mol. The third-order valence-corrected chi connectivity index (χ3v) is 3.99. The Bertz CT molecular complexity index is 838. The van der Waals surface area contributed by atoms with Crippen LogP contribution < -0.4 is 10.1 Å². The molecule has 3 aromatic rings. The Hall–Kier alpha value is -2.92. The molecule has 0 saturated carbocycles. The van der Waals surface area contributed by atoms with Crippen LogP contribution in [0.5, 0.6) is 11.5 Å². The highest BCUT2D eigenvalue weighted by atomic mass is 16.5. The van der Waals surface area contributed by atoms with E-state index in [1.54, 1.807) is 19.5 Å². The summed E-state index contributed by atoms with van der Waals surface area (Å²) in [5.41, 5.74) is 3.46. The van der Waals surface area contributed by atoms with Crippen LogP contribution in [0.25, 0.3) is 0 Å². The third-order valence-electron chi connectivity index (χ3n) is 3.99. The van der Waals surface area contributed by atoms with Gasteiger partial charge < -0.3 is 14.8 Å². The Morgan fingerprint density at radius 2 is 1.96 bits per heavy atom. The lowest BCUT2D eigenvalue weighted by molar-refractivity contribution is 0.202. The maximum absolute atomic E-state index is 5.87. The van der Waals surface area contributed by atoms with Gasteiger partial charge in [-0.25, -0.2) is 4.98 Å². The number of benzene rings is 1. The topological polar surface area (TPSA) is 56.3 Å². The Balaban J connectivity index is 1.61. The minimum Gasteiger partial charge on any atom is -0.455 e. The number of aromatic nitrogens is 2. The summed E-state index contributed by atoms with van der Waals surface area (Å²) >= 11 is 0. The van der Waals surface area contributed by atoms with Crippen molar-refractivity contribution >= 4 is 5.82 Å². The highest BCUT2D eigenvalue weighted by molar-refractivity contribution is 5.42. The van der Waals surface area contributed by atoms with Crippen molar-refractivity contribution in [2.45, 2.75) is 19.9 Å². The number of aryl methyl sites for hydroxylation is 1. The van der Waals surface area contributed by atoms with Crippen LogP contribution >= 0.6 is 0 Å². The van der Waals surface area contributed by atoms with Crippen LogP contribution in [0.4, 0.5) is 5.82 Å². The van der Waals surface area contributed by atoms with E-state index in [2.05, 4.69) is 33.5 Å². The summed E-state index contributed by atoms with van der Waals surface area (Å²) in [5, 5.41) is 3.37. The van der Waals surface area contributed by atoms with Crippen molar-refractivity contribution < 1.29 is 9.47 Å². The lowest BCUT2D eigenvalue weighted by Gasteiger charge is -2.11. The van der Waals surface area contributed by atoms with Crippen molar-refractivity contribution in [2.75, 3.05) is 19.0 Å². The summed E-state index contributed by atoms with van der Waals surface area (Å²) < 4.78 is 11.0. The fraction of sp³-hybridized carbons (Fsp3) is 0.238. The van der Waals surface area contributed by atoms with Gasteiger partial charge in [-0.2, -0.15) is 0 Å². The molecule has 0 amide bonds. The van der Waals surface area contributed by atoms with Gasteiger partial charge in [-0.3, -0.25) is 4.98 Å². The zero-order valence-corrected chi connectivity index (χ0v) is 15.1. The Labute approximate surface area is 154 Å². The number of anilines is 1. The molecule has 26 heavy (non-hydrogen) atoms. The average molecular weight is 349 g/mol. The molecular formula is C21H23N3O2. The zero-order valence-electron chi connectivity index (χ0n) is 15.1. The van der Waals surface area contributed by atoms with Crippen LogP contribution in [0.15, 0.2) is 61.1 Å². The fourth-order valence-electron chi connectivity index (χ4n) is 2.61. The largest absolute Gasteiger partial charge is 0.455 e. The summed E-state index contributed by atoms with van der Waals surface area (Å²) in [7, 11) is 1.71. The van der Waals surface area contributed by atoms with Crippen LogP contribution in [0.1, 0.15) is 16.7 Å². The number of nitrogens with one attached hydrogen (secondary N) is 1. The standard InChI is InChI=1S/C21H23N3O2/c1-16-12-18(5-6-20(16)26-19-4-3-9-22-15-19)14-24-21-13-17(7-10-23-21)8-11-25-2/h3-7,9-10,12-13,15H,8,11,14H2,1-2H3,(H,23,24). The van der Waals surface area contributed by atoms with Gasteiger partial charge in [0.1, 0.15) is 17.3 Å². The second-order valence-corrected chi connectivity index (χ2v) is 6.04. The molecule has 0 fully saturated rings. The molecule has 1 aromatic carbocycles. The molecule has 0 aliphatic rings. The van der Waals surface area contributed by atoms with Gasteiger partial charge in [0, 0.05) is 26.0 Å². The number of pyridine rings is 2. The first-order valence-corrected chi connectivity index (χ1v) is 8.60. The van der Waals surface area contributed by atoms with Gasteiger partial charge in [0.05, 0.1) is 12.8 Å². The molecule has 1 N–H and O–H groups in total. The van der Waals surface area contributed by atoms with E-state index in [0.29, 0.717) is 13.2 Å². The number of hydrogen-bond donors (Lipinski definition) is 1. The second-order valence-electron chi connectivity index (χ2n) is 6.04. The molecule has 2 aromatic heterocycles. The van der Waals surface area contributed by atoms with Crippen molar-refractivity contribution in [2.24, 2.45) is 0 Å². The lowest BCUT2D eigenvalue weighted by atomic mass is 10.1. The summed E-state index contributed by atoms with van der Waals surface area (Å²) in [5.74, 6) is 2.44. The van der Waals surface area contributed by atoms with Gasteiger partial charge in [-0.05, 0) is 60.4 Å². The molecule has 5 heteroatoms. The summed E-state index contributed by atoms with van der Waals surface area (Å²) in [6, 6.07) is 14.0. The van der Waals surface area contributed by atoms with Crippen LogP contribution in [-0.2, 0) is 17.7 Å². The molecule has 0 unspecified atom stereocenters. The van der Waals surface area contributed by atoms with E-state index in [-0.39, 0.29) is 0 Å². The molecule has 0 aliphatic heterocycles. The van der Waals surface area contributed by atoms with Gasteiger partial charge in [0.15, 0.2) is 0 Å². The predicted octanol–water partition coefficient (Wildman–Crippen LogP) is 4.38. The molecule has 134 valence electrons. The fourth-order valence-corrected chi connectivity index (χ4v) is 2.61. The number of rotatable bonds is 8. The number of ether oxygens (including phenoxy) is 2. The zero-order chi connectivity index (χ0) is 18.2. The van der Waals surface area contributed by atoms with E-state index in [1.165, 1.54) is 11.1 Å². The van der Waals surface area contributed by atoms with Crippen LogP contribution in [-0.4, -0.2) is 23.7 Å². The normalized spacial score (nSPS) is 10.5. The number of methoxy groups -OCH3 is 1. The number of hydrogen-bond acceptors (Lipinski definition) is 5. The maximum atomic E-state index is 5.87. The van der Waals surface area contributed by atoms with E-state index in [0.717, 1.165) is 29.3 Å². The second kappa shape index (κ2) is 8.97. The quantitative estimate of drug-likeness (QED) is 0.654. The first-order valence-electron chi connectivity index (χ1n) is 8.60.